The smallest absolute Gasteiger partial charge is 0.0209 e. The third-order valence-corrected chi connectivity index (χ3v) is 2.23. The van der Waals surface area contributed by atoms with E-state index in [9.17, 15) is 0 Å². The quantitative estimate of drug-likeness (QED) is 0.487. The highest BCUT2D eigenvalue weighted by Gasteiger charge is 1.87. The van der Waals surface area contributed by atoms with Gasteiger partial charge in [0.15, 0.2) is 0 Å². The van der Waals surface area contributed by atoms with Crippen LogP contribution < -0.4 is 0 Å². The second-order valence-corrected chi connectivity index (χ2v) is 4.29. The van der Waals surface area contributed by atoms with Gasteiger partial charge in [0.05, 0.1) is 0 Å². The fourth-order valence-electron chi connectivity index (χ4n) is 1.19. The minimum atomic E-state index is 1.01. The summed E-state index contributed by atoms with van der Waals surface area (Å²) in [7, 11) is 0. The molecule has 0 amide bonds. The Morgan fingerprint density at radius 2 is 1.41 bits per heavy atom. The van der Waals surface area contributed by atoms with Gasteiger partial charge in [0.25, 0.3) is 0 Å². The van der Waals surface area contributed by atoms with Gasteiger partial charge in [-0.05, 0) is 49.8 Å². The van der Waals surface area contributed by atoms with E-state index in [0.29, 0.717) is 0 Å². The summed E-state index contributed by atoms with van der Waals surface area (Å²) in [6.45, 7) is 8.04. The third kappa shape index (κ3) is 8.58. The van der Waals surface area contributed by atoms with Crippen molar-refractivity contribution in [2.45, 2.75) is 27.7 Å². The van der Waals surface area contributed by atoms with Crippen molar-refractivity contribution in [3.63, 3.8) is 0 Å². The molecule has 0 aromatic heterocycles. The van der Waals surface area contributed by atoms with Crippen molar-refractivity contribution in [2.75, 3.05) is 0 Å². The largest absolute Gasteiger partial charge is 0.148 e. The van der Waals surface area contributed by atoms with Crippen molar-refractivity contribution in [1.29, 1.82) is 0 Å². The van der Waals surface area contributed by atoms with Gasteiger partial charge in [-0.15, -0.1) is 12.6 Å². The van der Waals surface area contributed by atoms with E-state index in [1.54, 1.807) is 0 Å². The number of hydrogen-bond donors (Lipinski definition) is 1. The molecule has 0 saturated carbocycles. The normalized spacial score (nSPS) is 15.7. The predicted molar refractivity (Wildman–Crippen MR) is 83.4 cm³/mol. The van der Waals surface area contributed by atoms with Gasteiger partial charge < -0.3 is 0 Å². The van der Waals surface area contributed by atoms with Crippen molar-refractivity contribution in [2.24, 2.45) is 0 Å². The third-order valence-electron chi connectivity index (χ3n) is 2.10. The summed E-state index contributed by atoms with van der Waals surface area (Å²) >= 11 is 4.28. The standard InChI is InChI=1S/C16H22S/c1-5-8-9-10-15(6-2)11-12-16(7-3)13-14(4)17/h5-13,17H,1-4H3/b8-5-,10-9+,12-11-,14-13+,15-6-,16-7+. The lowest BCUT2D eigenvalue weighted by Gasteiger charge is -1.95. The molecule has 0 unspecified atom stereocenters. The lowest BCUT2D eigenvalue weighted by molar-refractivity contribution is 1.53. The molecule has 0 aliphatic carbocycles. The zero-order valence-corrected chi connectivity index (χ0v) is 12.0. The second kappa shape index (κ2) is 9.98. The van der Waals surface area contributed by atoms with E-state index in [1.807, 2.05) is 52.0 Å². The molecule has 0 aliphatic heterocycles. The number of allylic oxidation sites excluding steroid dienone is 12. The van der Waals surface area contributed by atoms with Gasteiger partial charge in [-0.1, -0.05) is 48.6 Å². The minimum absolute atomic E-state index is 1.01. The van der Waals surface area contributed by atoms with Crippen molar-refractivity contribution in [3.05, 3.63) is 70.7 Å². The van der Waals surface area contributed by atoms with Gasteiger partial charge >= 0.3 is 0 Å². The van der Waals surface area contributed by atoms with Gasteiger partial charge in [-0.2, -0.15) is 0 Å². The second-order valence-electron chi connectivity index (χ2n) is 3.58. The van der Waals surface area contributed by atoms with Crippen molar-refractivity contribution in [1.82, 2.24) is 0 Å². The van der Waals surface area contributed by atoms with Gasteiger partial charge in [-0.25, -0.2) is 0 Å². The summed E-state index contributed by atoms with van der Waals surface area (Å²) in [6.07, 6.45) is 18.5. The molecule has 0 spiro atoms. The molecule has 0 radical (unpaired) electrons. The summed E-state index contributed by atoms with van der Waals surface area (Å²) in [4.78, 5) is 1.01. The summed E-state index contributed by atoms with van der Waals surface area (Å²) in [5.74, 6) is 0. The van der Waals surface area contributed by atoms with Crippen LogP contribution >= 0.6 is 12.6 Å². The maximum absolute atomic E-state index is 4.28. The Bertz CT molecular complexity index is 384. The van der Waals surface area contributed by atoms with E-state index < -0.39 is 0 Å². The number of rotatable bonds is 5. The summed E-state index contributed by atoms with van der Waals surface area (Å²) in [6, 6.07) is 0. The first kappa shape index (κ1) is 15.8. The first-order chi connectivity index (χ1) is 8.13. The Balaban J connectivity index is 4.74. The average molecular weight is 246 g/mol. The van der Waals surface area contributed by atoms with Crippen LogP contribution in [0.1, 0.15) is 27.7 Å². The Hall–Kier alpha value is -1.21. The highest BCUT2D eigenvalue weighted by atomic mass is 32.1. The topological polar surface area (TPSA) is 0 Å². The van der Waals surface area contributed by atoms with Crippen LogP contribution in [0, 0.1) is 0 Å². The summed E-state index contributed by atoms with van der Waals surface area (Å²) < 4.78 is 0. The van der Waals surface area contributed by atoms with Crippen LogP contribution in [-0.2, 0) is 0 Å². The van der Waals surface area contributed by atoms with Crippen LogP contribution in [0.25, 0.3) is 0 Å². The molecule has 0 atom stereocenters. The highest BCUT2D eigenvalue weighted by Crippen LogP contribution is 2.09. The van der Waals surface area contributed by atoms with Crippen LogP contribution in [0.5, 0.6) is 0 Å². The molecule has 0 aromatic rings. The van der Waals surface area contributed by atoms with Gasteiger partial charge in [0.2, 0.25) is 0 Å². The zero-order chi connectivity index (χ0) is 13.1. The molecule has 17 heavy (non-hydrogen) atoms. The van der Waals surface area contributed by atoms with Crippen molar-refractivity contribution in [3.8, 4) is 0 Å². The Labute approximate surface area is 111 Å². The number of hydrogen-bond acceptors (Lipinski definition) is 1. The van der Waals surface area contributed by atoms with Gasteiger partial charge in [-0.3, -0.25) is 0 Å². The predicted octanol–water partition coefficient (Wildman–Crippen LogP) is 5.40. The van der Waals surface area contributed by atoms with Crippen LogP contribution in [0.4, 0.5) is 0 Å². The monoisotopic (exact) mass is 246 g/mol. The molecule has 92 valence electrons. The maximum Gasteiger partial charge on any atom is -0.0209 e. The average Bonchev–Trinajstić information content (AvgIpc) is 2.31. The minimum Gasteiger partial charge on any atom is -0.148 e. The Kier molecular flexibility index (Phi) is 9.27. The van der Waals surface area contributed by atoms with E-state index in [4.69, 9.17) is 0 Å². The SMILES string of the molecule is C\C=C/C=C/C(/C=C\C(\C=C(/C)S)=C/C)=C/C. The van der Waals surface area contributed by atoms with E-state index in [1.165, 1.54) is 5.57 Å². The van der Waals surface area contributed by atoms with Crippen LogP contribution in [0.2, 0.25) is 0 Å². The summed E-state index contributed by atoms with van der Waals surface area (Å²) in [5, 5.41) is 0. The molecule has 0 bridgehead atoms. The molecule has 0 aromatic carbocycles. The molecular weight excluding hydrogens is 224 g/mol. The molecular formula is C16H22S. The lowest BCUT2D eigenvalue weighted by atomic mass is 10.1. The van der Waals surface area contributed by atoms with Gasteiger partial charge in [0, 0.05) is 0 Å². The van der Waals surface area contributed by atoms with E-state index >= 15 is 0 Å². The molecule has 0 aliphatic rings. The molecule has 0 nitrogen and oxygen atoms in total. The maximum atomic E-state index is 4.28. The fourth-order valence-corrected chi connectivity index (χ4v) is 1.34. The molecule has 0 saturated heterocycles. The first-order valence-corrected chi connectivity index (χ1v) is 6.26. The van der Waals surface area contributed by atoms with Crippen LogP contribution in [0.15, 0.2) is 70.7 Å². The van der Waals surface area contributed by atoms with Gasteiger partial charge in [0.1, 0.15) is 0 Å². The van der Waals surface area contributed by atoms with E-state index in [-0.39, 0.29) is 0 Å². The van der Waals surface area contributed by atoms with Crippen LogP contribution in [-0.4, -0.2) is 0 Å². The molecule has 0 N–H and O–H groups in total. The molecule has 0 heterocycles. The molecule has 1 heteroatoms. The molecule has 0 rings (SSSR count). The highest BCUT2D eigenvalue weighted by molar-refractivity contribution is 7.84. The zero-order valence-electron chi connectivity index (χ0n) is 11.1. The van der Waals surface area contributed by atoms with Crippen LogP contribution in [0.3, 0.4) is 0 Å². The van der Waals surface area contributed by atoms with E-state index in [2.05, 4.69) is 43.0 Å². The lowest BCUT2D eigenvalue weighted by Crippen LogP contribution is -1.74. The Morgan fingerprint density at radius 3 is 1.88 bits per heavy atom. The molecule has 0 fully saturated rings. The first-order valence-electron chi connectivity index (χ1n) is 5.81. The Morgan fingerprint density at radius 1 is 0.824 bits per heavy atom. The number of thiol groups is 1. The van der Waals surface area contributed by atoms with Crippen molar-refractivity contribution >= 4 is 12.6 Å². The van der Waals surface area contributed by atoms with E-state index in [0.717, 1.165) is 10.5 Å². The fraction of sp³-hybridized carbons (Fsp3) is 0.250. The van der Waals surface area contributed by atoms with Crippen molar-refractivity contribution < 1.29 is 0 Å². The summed E-state index contributed by atoms with van der Waals surface area (Å²) in [5.41, 5.74) is 2.35.